The smallest absolute Gasteiger partial charge is 0.255 e. The molecule has 1 atom stereocenters. The molecule has 1 unspecified atom stereocenters. The molecule has 2 rings (SSSR count). The Morgan fingerprint density at radius 3 is 2.34 bits per heavy atom. The molecule has 0 heterocycles. The van der Waals surface area contributed by atoms with Crippen LogP contribution >= 0.6 is 0 Å². The van der Waals surface area contributed by atoms with Gasteiger partial charge in [0.15, 0.2) is 0 Å². The van der Waals surface area contributed by atoms with Crippen molar-refractivity contribution >= 4 is 17.7 Å². The lowest BCUT2D eigenvalue weighted by Gasteiger charge is -2.22. The third-order valence-corrected chi connectivity index (χ3v) is 5.84. The molecule has 0 saturated heterocycles. The molecule has 0 spiro atoms. The lowest BCUT2D eigenvalue weighted by molar-refractivity contribution is -0.148. The number of nitrogens with two attached hydrogens (primary N) is 1. The minimum atomic E-state index is -0.302. The van der Waals surface area contributed by atoms with E-state index in [1.54, 1.807) is 12.1 Å². The van der Waals surface area contributed by atoms with Crippen LogP contribution in [-0.4, -0.2) is 42.3 Å². The molecule has 0 saturated carbocycles. The summed E-state index contributed by atoms with van der Waals surface area (Å²) >= 11 is 0. The number of imide groups is 1. The maximum Gasteiger partial charge on any atom is 0.255 e. The van der Waals surface area contributed by atoms with Gasteiger partial charge >= 0.3 is 0 Å². The molecule has 7 heteroatoms. The molecule has 0 aliphatic carbocycles. The van der Waals surface area contributed by atoms with Gasteiger partial charge in [-0.05, 0) is 42.0 Å². The van der Waals surface area contributed by atoms with E-state index in [2.05, 4.69) is 12.2 Å². The van der Waals surface area contributed by atoms with Crippen molar-refractivity contribution in [2.24, 2.45) is 11.7 Å². The van der Waals surface area contributed by atoms with Crippen LogP contribution < -0.4 is 11.1 Å². The highest BCUT2D eigenvalue weighted by atomic mass is 16.5. The normalized spacial score (nSPS) is 11.6. The zero-order chi connectivity index (χ0) is 25.5. The number of benzene rings is 2. The van der Waals surface area contributed by atoms with Gasteiger partial charge in [-0.1, -0.05) is 69.2 Å². The Morgan fingerprint density at radius 1 is 0.971 bits per heavy atom. The van der Waals surface area contributed by atoms with Crippen LogP contribution in [0.1, 0.15) is 67.4 Å². The average Bonchev–Trinajstić information content (AvgIpc) is 2.89. The van der Waals surface area contributed by atoms with Gasteiger partial charge in [-0.2, -0.15) is 0 Å². The first kappa shape index (κ1) is 28.2. The zero-order valence-corrected chi connectivity index (χ0v) is 21.0. The average molecular weight is 482 g/mol. The number of carbonyl (C=O) groups excluding carboxylic acids is 3. The highest BCUT2D eigenvalue weighted by molar-refractivity contribution is 5.96. The molecule has 35 heavy (non-hydrogen) atoms. The van der Waals surface area contributed by atoms with Crippen molar-refractivity contribution in [3.63, 3.8) is 0 Å². The second-order valence-electron chi connectivity index (χ2n) is 8.88. The van der Waals surface area contributed by atoms with E-state index in [-0.39, 0.29) is 36.7 Å². The van der Waals surface area contributed by atoms with Crippen molar-refractivity contribution in [3.8, 4) is 0 Å². The summed E-state index contributed by atoms with van der Waals surface area (Å²) in [6, 6.07) is 16.8. The molecule has 0 fully saturated rings. The van der Waals surface area contributed by atoms with Gasteiger partial charge in [0.25, 0.3) is 11.8 Å². The minimum absolute atomic E-state index is 0.0909. The summed E-state index contributed by atoms with van der Waals surface area (Å²) in [6.45, 7) is 5.57. The van der Waals surface area contributed by atoms with Crippen LogP contribution in [0.5, 0.6) is 0 Å². The third-order valence-electron chi connectivity index (χ3n) is 5.84. The van der Waals surface area contributed by atoms with Crippen molar-refractivity contribution < 1.29 is 19.1 Å². The fourth-order valence-electron chi connectivity index (χ4n) is 3.58. The first-order chi connectivity index (χ1) is 16.9. The molecule has 0 bridgehead atoms. The summed E-state index contributed by atoms with van der Waals surface area (Å²) in [5, 5.41) is 2.92. The van der Waals surface area contributed by atoms with E-state index >= 15 is 0 Å². The minimum Gasteiger partial charge on any atom is -0.367 e. The van der Waals surface area contributed by atoms with Crippen molar-refractivity contribution in [3.05, 3.63) is 71.3 Å². The fraction of sp³-hybridized carbons (Fsp3) is 0.464. The summed E-state index contributed by atoms with van der Waals surface area (Å²) in [5.41, 5.74) is 8.12. The number of nitrogens with one attached hydrogen (secondary N) is 1. The maximum absolute atomic E-state index is 12.9. The van der Waals surface area contributed by atoms with Crippen molar-refractivity contribution in [2.75, 3.05) is 19.7 Å². The first-order valence-corrected chi connectivity index (χ1v) is 12.5. The zero-order valence-electron chi connectivity index (χ0n) is 21.0. The molecule has 7 nitrogen and oxygen atoms in total. The number of ether oxygens (including phenoxy) is 1. The van der Waals surface area contributed by atoms with Gasteiger partial charge in [0.2, 0.25) is 5.91 Å². The van der Waals surface area contributed by atoms with Crippen LogP contribution in [0.3, 0.4) is 0 Å². The lowest BCUT2D eigenvalue weighted by Crippen LogP contribution is -2.40. The van der Waals surface area contributed by atoms with E-state index in [1.165, 1.54) is 4.90 Å². The molecule has 190 valence electrons. The van der Waals surface area contributed by atoms with Crippen LogP contribution in [-0.2, 0) is 27.5 Å². The molecule has 0 aliphatic heterocycles. The molecular formula is C28H39N3O4. The van der Waals surface area contributed by atoms with Crippen LogP contribution in [0, 0.1) is 5.92 Å². The van der Waals surface area contributed by atoms with Gasteiger partial charge in [0, 0.05) is 31.6 Å². The highest BCUT2D eigenvalue weighted by Gasteiger charge is 2.21. The SMILES string of the molecule is CCCCCN(C(=O)CCC(C)CNC(=O)c1ccc(CN)cc1)C(=O)COCc1ccccc1. The molecule has 0 aliphatic rings. The Balaban J connectivity index is 1.80. The number of carbonyl (C=O) groups is 3. The Labute approximate surface area is 209 Å². The molecular weight excluding hydrogens is 442 g/mol. The Kier molecular flexibility index (Phi) is 12.7. The van der Waals surface area contributed by atoms with Gasteiger partial charge in [-0.3, -0.25) is 19.3 Å². The van der Waals surface area contributed by atoms with Crippen LogP contribution in [0.25, 0.3) is 0 Å². The summed E-state index contributed by atoms with van der Waals surface area (Å²) in [5.74, 6) is -0.555. The monoisotopic (exact) mass is 481 g/mol. The number of rotatable bonds is 15. The van der Waals surface area contributed by atoms with E-state index in [9.17, 15) is 14.4 Å². The Bertz CT molecular complexity index is 916. The predicted octanol–water partition coefficient (Wildman–Crippen LogP) is 4.05. The second kappa shape index (κ2) is 15.8. The molecule has 0 aromatic heterocycles. The van der Waals surface area contributed by atoms with Gasteiger partial charge in [0.1, 0.15) is 6.61 Å². The number of nitrogens with zero attached hydrogens (tertiary/aromatic N) is 1. The standard InChI is InChI=1S/C28H39N3O4/c1-3-4-8-17-31(27(33)21-35-20-24-9-6-5-7-10-24)26(32)16-11-22(2)19-30-28(34)25-14-12-23(18-29)13-15-25/h5-7,9-10,12-15,22H,3-4,8,11,16-21,29H2,1-2H3,(H,30,34). The van der Waals surface area contributed by atoms with Gasteiger partial charge in [-0.15, -0.1) is 0 Å². The lowest BCUT2D eigenvalue weighted by atomic mass is 10.0. The van der Waals surface area contributed by atoms with Crippen molar-refractivity contribution in [1.29, 1.82) is 0 Å². The largest absolute Gasteiger partial charge is 0.367 e. The molecule has 3 N–H and O–H groups in total. The summed E-state index contributed by atoms with van der Waals surface area (Å²) in [4.78, 5) is 39.3. The van der Waals surface area contributed by atoms with Gasteiger partial charge < -0.3 is 15.8 Å². The predicted molar refractivity (Wildman–Crippen MR) is 137 cm³/mol. The van der Waals surface area contributed by atoms with Gasteiger partial charge in [-0.25, -0.2) is 0 Å². The highest BCUT2D eigenvalue weighted by Crippen LogP contribution is 2.11. The van der Waals surface area contributed by atoms with E-state index < -0.39 is 0 Å². The Hall–Kier alpha value is -3.03. The quantitative estimate of drug-likeness (QED) is 0.374. The van der Waals surface area contributed by atoms with Crippen LogP contribution in [0.4, 0.5) is 0 Å². The number of amides is 3. The maximum atomic E-state index is 12.9. The van der Waals surface area contributed by atoms with Crippen molar-refractivity contribution in [1.82, 2.24) is 10.2 Å². The Morgan fingerprint density at radius 2 is 1.69 bits per heavy atom. The number of hydrogen-bond donors (Lipinski definition) is 2. The topological polar surface area (TPSA) is 102 Å². The summed E-state index contributed by atoms with van der Waals surface area (Å²) < 4.78 is 5.57. The second-order valence-corrected chi connectivity index (χ2v) is 8.88. The fourth-order valence-corrected chi connectivity index (χ4v) is 3.58. The van der Waals surface area contributed by atoms with E-state index in [0.717, 1.165) is 30.4 Å². The number of hydrogen-bond acceptors (Lipinski definition) is 5. The summed E-state index contributed by atoms with van der Waals surface area (Å²) in [6.07, 6.45) is 3.57. The van der Waals surface area contributed by atoms with Gasteiger partial charge in [0.05, 0.1) is 6.61 Å². The summed E-state index contributed by atoms with van der Waals surface area (Å²) in [7, 11) is 0. The first-order valence-electron chi connectivity index (χ1n) is 12.5. The van der Waals surface area contributed by atoms with Crippen LogP contribution in [0.15, 0.2) is 54.6 Å². The van der Waals surface area contributed by atoms with E-state index in [0.29, 0.717) is 38.2 Å². The van der Waals surface area contributed by atoms with E-state index in [1.807, 2.05) is 49.4 Å². The molecule has 2 aromatic rings. The van der Waals surface area contributed by atoms with Crippen molar-refractivity contribution in [2.45, 2.75) is 59.1 Å². The third kappa shape index (κ3) is 10.4. The molecule has 0 radical (unpaired) electrons. The number of unbranched alkanes of at least 4 members (excludes halogenated alkanes) is 2. The van der Waals surface area contributed by atoms with Crippen LogP contribution in [0.2, 0.25) is 0 Å². The molecule has 2 aromatic carbocycles. The van der Waals surface area contributed by atoms with E-state index in [4.69, 9.17) is 10.5 Å². The molecule has 3 amide bonds.